The number of rotatable bonds is 6. The van der Waals surface area contributed by atoms with E-state index in [1.165, 1.54) is 31.4 Å². The van der Waals surface area contributed by atoms with E-state index in [1.54, 1.807) is 24.3 Å². The quantitative estimate of drug-likeness (QED) is 0.587. The van der Waals surface area contributed by atoms with Gasteiger partial charge in [-0.05, 0) is 54.4 Å². The van der Waals surface area contributed by atoms with Gasteiger partial charge in [-0.25, -0.2) is 9.29 Å². The Balaban J connectivity index is 1.83. The average Bonchev–Trinajstić information content (AvgIpc) is 3.04. The van der Waals surface area contributed by atoms with Gasteiger partial charge >= 0.3 is 0 Å². The van der Waals surface area contributed by atoms with Gasteiger partial charge in [-0.2, -0.15) is 0 Å². The maximum atomic E-state index is 13.4. The summed E-state index contributed by atoms with van der Waals surface area (Å²) in [6.07, 6.45) is 0.894. The number of para-hydroxylation sites is 1. The molecule has 2 amide bonds. The van der Waals surface area contributed by atoms with Crippen LogP contribution in [0.25, 0.3) is 5.57 Å². The van der Waals surface area contributed by atoms with Crippen LogP contribution in [0.2, 0.25) is 0 Å². The van der Waals surface area contributed by atoms with E-state index in [-0.39, 0.29) is 11.3 Å². The number of halogens is 1. The molecule has 1 N–H and O–H groups in total. The number of anilines is 2. The van der Waals surface area contributed by atoms with Gasteiger partial charge in [0, 0.05) is 11.3 Å². The van der Waals surface area contributed by atoms with Gasteiger partial charge in [0.25, 0.3) is 11.8 Å². The minimum Gasteiger partial charge on any atom is -0.496 e. The molecule has 0 spiro atoms. The molecule has 0 bridgehead atoms. The molecule has 0 radical (unpaired) electrons. The van der Waals surface area contributed by atoms with Crippen molar-refractivity contribution in [1.82, 2.24) is 0 Å². The zero-order valence-electron chi connectivity index (χ0n) is 17.2. The molecular formula is C25H21FN2O3. The van der Waals surface area contributed by atoms with E-state index in [9.17, 15) is 14.0 Å². The lowest BCUT2D eigenvalue weighted by Gasteiger charge is -2.15. The minimum atomic E-state index is -0.517. The number of hydrogen-bond donors (Lipinski definition) is 1. The Hall–Kier alpha value is -3.93. The zero-order chi connectivity index (χ0) is 22.0. The molecule has 6 heteroatoms. The Bertz CT molecular complexity index is 1170. The standard InChI is InChI=1S/C25H21FN2O3/c1-3-16-8-12-18(13-9-16)27-23-22(20-6-4-5-7-21(20)31-2)24(29)28(25(23)30)19-14-10-17(26)11-15-19/h4-15,27H,3H2,1-2H3. The first kappa shape index (κ1) is 20.3. The third-order valence-electron chi connectivity index (χ3n) is 5.18. The van der Waals surface area contributed by atoms with Crippen molar-refractivity contribution < 1.29 is 18.7 Å². The zero-order valence-corrected chi connectivity index (χ0v) is 17.2. The third kappa shape index (κ3) is 3.80. The predicted molar refractivity (Wildman–Crippen MR) is 118 cm³/mol. The number of amides is 2. The first-order valence-electron chi connectivity index (χ1n) is 9.91. The number of aryl methyl sites for hydroxylation is 1. The Morgan fingerprint density at radius 3 is 2.23 bits per heavy atom. The van der Waals surface area contributed by atoms with E-state index in [4.69, 9.17) is 4.74 Å². The van der Waals surface area contributed by atoms with Crippen LogP contribution in [0, 0.1) is 5.82 Å². The number of ether oxygens (including phenoxy) is 1. The van der Waals surface area contributed by atoms with E-state index in [2.05, 4.69) is 12.2 Å². The molecule has 1 heterocycles. The lowest BCUT2D eigenvalue weighted by Crippen LogP contribution is -2.32. The highest BCUT2D eigenvalue weighted by molar-refractivity contribution is 6.46. The first-order chi connectivity index (χ1) is 15.0. The third-order valence-corrected chi connectivity index (χ3v) is 5.18. The highest BCUT2D eigenvalue weighted by Crippen LogP contribution is 2.37. The van der Waals surface area contributed by atoms with Crippen LogP contribution >= 0.6 is 0 Å². The van der Waals surface area contributed by atoms with Crippen LogP contribution in [0.5, 0.6) is 5.75 Å². The van der Waals surface area contributed by atoms with Gasteiger partial charge in [0.2, 0.25) is 0 Å². The van der Waals surface area contributed by atoms with Gasteiger partial charge < -0.3 is 10.1 Å². The molecule has 0 fully saturated rings. The molecule has 0 saturated carbocycles. The second-order valence-corrected chi connectivity index (χ2v) is 7.05. The van der Waals surface area contributed by atoms with E-state index >= 15 is 0 Å². The van der Waals surface area contributed by atoms with E-state index in [1.807, 2.05) is 24.3 Å². The highest BCUT2D eigenvalue weighted by atomic mass is 19.1. The number of benzene rings is 3. The van der Waals surface area contributed by atoms with Crippen molar-refractivity contribution >= 4 is 28.8 Å². The largest absolute Gasteiger partial charge is 0.496 e. The second-order valence-electron chi connectivity index (χ2n) is 7.05. The molecule has 0 unspecified atom stereocenters. The topological polar surface area (TPSA) is 58.6 Å². The lowest BCUT2D eigenvalue weighted by atomic mass is 10.0. The number of carbonyl (C=O) groups is 2. The molecular weight excluding hydrogens is 395 g/mol. The monoisotopic (exact) mass is 416 g/mol. The number of methoxy groups -OCH3 is 1. The first-order valence-corrected chi connectivity index (χ1v) is 9.91. The van der Waals surface area contributed by atoms with Gasteiger partial charge in [-0.15, -0.1) is 0 Å². The fraction of sp³-hybridized carbons (Fsp3) is 0.120. The molecule has 5 nitrogen and oxygen atoms in total. The van der Waals surface area contributed by atoms with Crippen molar-refractivity contribution in [2.75, 3.05) is 17.3 Å². The van der Waals surface area contributed by atoms with Crippen LogP contribution in [0.3, 0.4) is 0 Å². The average molecular weight is 416 g/mol. The molecule has 1 aliphatic heterocycles. The van der Waals surface area contributed by atoms with Crippen molar-refractivity contribution in [1.29, 1.82) is 0 Å². The summed E-state index contributed by atoms with van der Waals surface area (Å²) in [5, 5.41) is 3.12. The molecule has 0 saturated heterocycles. The summed E-state index contributed by atoms with van der Waals surface area (Å²) in [6, 6.07) is 19.9. The minimum absolute atomic E-state index is 0.142. The van der Waals surface area contributed by atoms with Gasteiger partial charge in [0.05, 0.1) is 18.4 Å². The highest BCUT2D eigenvalue weighted by Gasteiger charge is 2.41. The van der Waals surface area contributed by atoms with Crippen molar-refractivity contribution in [2.45, 2.75) is 13.3 Å². The van der Waals surface area contributed by atoms with Crippen LogP contribution < -0.4 is 15.0 Å². The molecule has 1 aliphatic rings. The Morgan fingerprint density at radius 1 is 0.903 bits per heavy atom. The summed E-state index contributed by atoms with van der Waals surface area (Å²) < 4.78 is 18.8. The number of carbonyl (C=O) groups excluding carboxylic acids is 2. The molecule has 0 aliphatic carbocycles. The van der Waals surface area contributed by atoms with Crippen LogP contribution in [0.15, 0.2) is 78.5 Å². The number of imide groups is 1. The Morgan fingerprint density at radius 2 is 1.58 bits per heavy atom. The molecule has 0 atom stereocenters. The fourth-order valence-corrected chi connectivity index (χ4v) is 3.54. The summed E-state index contributed by atoms with van der Waals surface area (Å²) in [6.45, 7) is 2.06. The van der Waals surface area contributed by atoms with Gasteiger partial charge in [0.1, 0.15) is 17.3 Å². The molecule has 0 aromatic heterocycles. The number of nitrogens with one attached hydrogen (secondary N) is 1. The second kappa shape index (κ2) is 8.44. The summed E-state index contributed by atoms with van der Waals surface area (Å²) in [5.41, 5.74) is 2.98. The van der Waals surface area contributed by atoms with Gasteiger partial charge in [-0.3, -0.25) is 9.59 Å². The van der Waals surface area contributed by atoms with Gasteiger partial charge in [0.15, 0.2) is 0 Å². The molecule has 4 rings (SSSR count). The lowest BCUT2D eigenvalue weighted by molar-refractivity contribution is -0.120. The van der Waals surface area contributed by atoms with Crippen molar-refractivity contribution in [3.05, 3.63) is 95.4 Å². The summed E-state index contributed by atoms with van der Waals surface area (Å²) in [5.74, 6) is -0.999. The van der Waals surface area contributed by atoms with Crippen LogP contribution in [0.1, 0.15) is 18.1 Å². The molecule has 31 heavy (non-hydrogen) atoms. The maximum Gasteiger partial charge on any atom is 0.282 e. The van der Waals surface area contributed by atoms with Gasteiger partial charge in [-0.1, -0.05) is 37.3 Å². The van der Waals surface area contributed by atoms with Crippen LogP contribution in [0.4, 0.5) is 15.8 Å². The smallest absolute Gasteiger partial charge is 0.282 e. The van der Waals surface area contributed by atoms with Crippen LogP contribution in [-0.2, 0) is 16.0 Å². The van der Waals surface area contributed by atoms with Crippen molar-refractivity contribution in [3.63, 3.8) is 0 Å². The Kier molecular flexibility index (Phi) is 5.54. The predicted octanol–water partition coefficient (Wildman–Crippen LogP) is 4.79. The summed E-state index contributed by atoms with van der Waals surface area (Å²) >= 11 is 0. The Labute approximate surface area is 179 Å². The molecule has 3 aromatic rings. The molecule has 156 valence electrons. The SMILES string of the molecule is CCc1ccc(NC2=C(c3ccccc3OC)C(=O)N(c3ccc(F)cc3)C2=O)cc1. The van der Waals surface area contributed by atoms with E-state index in [0.29, 0.717) is 22.7 Å². The van der Waals surface area contributed by atoms with E-state index in [0.717, 1.165) is 16.9 Å². The van der Waals surface area contributed by atoms with Crippen molar-refractivity contribution in [2.24, 2.45) is 0 Å². The summed E-state index contributed by atoms with van der Waals surface area (Å²) in [4.78, 5) is 27.8. The van der Waals surface area contributed by atoms with Crippen LogP contribution in [-0.4, -0.2) is 18.9 Å². The fourth-order valence-electron chi connectivity index (χ4n) is 3.54. The maximum absolute atomic E-state index is 13.4. The number of hydrogen-bond acceptors (Lipinski definition) is 4. The van der Waals surface area contributed by atoms with Crippen molar-refractivity contribution in [3.8, 4) is 5.75 Å². The summed E-state index contributed by atoms with van der Waals surface area (Å²) in [7, 11) is 1.51. The number of nitrogens with zero attached hydrogens (tertiary/aromatic N) is 1. The van der Waals surface area contributed by atoms with E-state index < -0.39 is 17.6 Å². The normalized spacial score (nSPS) is 13.7. The molecule has 3 aromatic carbocycles.